The number of Topliss-reactive ketones (excluding diaryl/α,β-unsaturated/α-hetero) is 1. The number of phenolic OH excluding ortho intramolecular Hbond substituents is 1. The molecule has 1 aromatic carbocycles. The lowest BCUT2D eigenvalue weighted by molar-refractivity contribution is 0.0855. The number of hydrogen-bond acceptors (Lipinski definition) is 2. The molecule has 0 saturated heterocycles. The lowest BCUT2D eigenvalue weighted by Gasteiger charge is -2.17. The Morgan fingerprint density at radius 3 is 2.43 bits per heavy atom. The van der Waals surface area contributed by atoms with E-state index in [2.05, 4.69) is 15.9 Å². The summed E-state index contributed by atoms with van der Waals surface area (Å²) in [6, 6.07) is 4.86. The largest absolute Gasteiger partial charge is 0.507 e. The Morgan fingerprint density at radius 1 is 1.36 bits per heavy atom. The maximum atomic E-state index is 11.9. The van der Waals surface area contributed by atoms with Gasteiger partial charge >= 0.3 is 0 Å². The van der Waals surface area contributed by atoms with E-state index in [0.717, 1.165) is 4.47 Å². The predicted octanol–water partition coefficient (Wildman–Crippen LogP) is 3.38. The van der Waals surface area contributed by atoms with E-state index in [4.69, 9.17) is 0 Å². The Bertz CT molecular complexity index is 364. The lowest BCUT2D eigenvalue weighted by atomic mass is 9.86. The van der Waals surface area contributed by atoms with Crippen LogP contribution in [0.15, 0.2) is 22.7 Å². The molecule has 0 saturated carbocycles. The number of aromatic hydroxyl groups is 1. The third-order valence-electron chi connectivity index (χ3n) is 1.88. The Balaban J connectivity index is 3.19. The molecule has 14 heavy (non-hydrogen) atoms. The topological polar surface area (TPSA) is 37.3 Å². The fourth-order valence-electron chi connectivity index (χ4n) is 1.09. The molecule has 1 rings (SSSR count). The van der Waals surface area contributed by atoms with Gasteiger partial charge in [-0.1, -0.05) is 36.7 Å². The van der Waals surface area contributed by atoms with Gasteiger partial charge in [0, 0.05) is 9.89 Å². The molecule has 0 amide bonds. The highest BCUT2D eigenvalue weighted by Gasteiger charge is 2.25. The van der Waals surface area contributed by atoms with Gasteiger partial charge < -0.3 is 5.11 Å². The average Bonchev–Trinajstić information content (AvgIpc) is 2.06. The van der Waals surface area contributed by atoms with E-state index in [1.165, 1.54) is 6.07 Å². The van der Waals surface area contributed by atoms with Crippen molar-refractivity contribution in [2.45, 2.75) is 20.8 Å². The zero-order valence-corrected chi connectivity index (χ0v) is 10.1. The van der Waals surface area contributed by atoms with Crippen molar-refractivity contribution in [3.05, 3.63) is 28.2 Å². The van der Waals surface area contributed by atoms with Crippen molar-refractivity contribution >= 4 is 21.7 Å². The minimum absolute atomic E-state index is 0.0353. The number of carbonyl (C=O) groups excluding carboxylic acids is 1. The molecule has 0 aromatic heterocycles. The van der Waals surface area contributed by atoms with Crippen molar-refractivity contribution in [3.63, 3.8) is 0 Å². The monoisotopic (exact) mass is 256 g/mol. The van der Waals surface area contributed by atoms with Crippen LogP contribution in [0, 0.1) is 5.41 Å². The van der Waals surface area contributed by atoms with Crippen molar-refractivity contribution in [1.82, 2.24) is 0 Å². The molecule has 0 radical (unpaired) electrons. The first-order chi connectivity index (χ1) is 6.32. The number of hydrogen-bond donors (Lipinski definition) is 1. The molecule has 3 heteroatoms. The number of phenols is 1. The molecular formula is C11H13BrO2. The minimum Gasteiger partial charge on any atom is -0.507 e. The van der Waals surface area contributed by atoms with Crippen LogP contribution in [0.3, 0.4) is 0 Å². The fraction of sp³-hybridized carbons (Fsp3) is 0.364. The van der Waals surface area contributed by atoms with Crippen LogP contribution in [0.2, 0.25) is 0 Å². The molecule has 1 N–H and O–H groups in total. The van der Waals surface area contributed by atoms with Gasteiger partial charge in [0.25, 0.3) is 0 Å². The van der Waals surface area contributed by atoms with Crippen LogP contribution in [0.25, 0.3) is 0 Å². The fourth-order valence-corrected chi connectivity index (χ4v) is 1.46. The molecule has 0 aliphatic heterocycles. The van der Waals surface area contributed by atoms with Gasteiger partial charge in [-0.25, -0.2) is 0 Å². The van der Waals surface area contributed by atoms with Crippen molar-refractivity contribution < 1.29 is 9.90 Å². The molecule has 0 atom stereocenters. The van der Waals surface area contributed by atoms with Crippen LogP contribution < -0.4 is 0 Å². The standard InChI is InChI=1S/C11H13BrO2/c1-11(2,3)10(14)8-6-7(12)4-5-9(8)13/h4-6,13H,1-3H3. The Morgan fingerprint density at radius 2 is 1.93 bits per heavy atom. The second-order valence-electron chi connectivity index (χ2n) is 4.24. The summed E-state index contributed by atoms with van der Waals surface area (Å²) < 4.78 is 0.794. The van der Waals surface area contributed by atoms with Gasteiger partial charge in [-0.2, -0.15) is 0 Å². The van der Waals surface area contributed by atoms with Gasteiger partial charge in [0.05, 0.1) is 5.56 Å². The maximum Gasteiger partial charge on any atom is 0.171 e. The molecule has 0 fully saturated rings. The van der Waals surface area contributed by atoms with E-state index in [1.54, 1.807) is 12.1 Å². The van der Waals surface area contributed by atoms with E-state index in [1.807, 2.05) is 20.8 Å². The molecule has 0 bridgehead atoms. The molecule has 0 heterocycles. The van der Waals surface area contributed by atoms with Crippen molar-refractivity contribution in [2.75, 3.05) is 0 Å². The predicted molar refractivity (Wildman–Crippen MR) is 59.6 cm³/mol. The first-order valence-electron chi connectivity index (χ1n) is 4.35. The first kappa shape index (κ1) is 11.2. The summed E-state index contributed by atoms with van der Waals surface area (Å²) in [6.07, 6.45) is 0. The number of carbonyl (C=O) groups is 1. The molecular weight excluding hydrogens is 244 g/mol. The molecule has 0 aliphatic rings. The Hall–Kier alpha value is -0.830. The second kappa shape index (κ2) is 3.73. The van der Waals surface area contributed by atoms with E-state index in [-0.39, 0.29) is 11.5 Å². The molecule has 0 unspecified atom stereocenters. The summed E-state index contributed by atoms with van der Waals surface area (Å²) in [6.45, 7) is 5.49. The molecule has 0 spiro atoms. The maximum absolute atomic E-state index is 11.9. The van der Waals surface area contributed by atoms with Crippen LogP contribution in [0.1, 0.15) is 31.1 Å². The normalized spacial score (nSPS) is 11.4. The summed E-state index contributed by atoms with van der Waals surface area (Å²) in [7, 11) is 0. The van der Waals surface area contributed by atoms with Gasteiger partial charge in [0.15, 0.2) is 5.78 Å². The average molecular weight is 257 g/mol. The van der Waals surface area contributed by atoms with Crippen LogP contribution in [0.4, 0.5) is 0 Å². The minimum atomic E-state index is -0.474. The third-order valence-corrected chi connectivity index (χ3v) is 2.38. The lowest BCUT2D eigenvalue weighted by Crippen LogP contribution is -2.20. The van der Waals surface area contributed by atoms with E-state index in [9.17, 15) is 9.90 Å². The van der Waals surface area contributed by atoms with Gasteiger partial charge in [0.1, 0.15) is 5.75 Å². The summed E-state index contributed by atoms with van der Waals surface area (Å²) in [5.74, 6) is -0.0237. The zero-order chi connectivity index (χ0) is 10.9. The quantitative estimate of drug-likeness (QED) is 0.783. The highest BCUT2D eigenvalue weighted by atomic mass is 79.9. The third kappa shape index (κ3) is 2.35. The number of rotatable bonds is 1. The van der Waals surface area contributed by atoms with Gasteiger partial charge in [-0.05, 0) is 18.2 Å². The number of benzene rings is 1. The van der Waals surface area contributed by atoms with Gasteiger partial charge in [0.2, 0.25) is 0 Å². The number of ketones is 1. The molecule has 76 valence electrons. The summed E-state index contributed by atoms with van der Waals surface area (Å²) in [4.78, 5) is 11.9. The summed E-state index contributed by atoms with van der Waals surface area (Å²) in [5, 5.41) is 9.53. The summed E-state index contributed by atoms with van der Waals surface area (Å²) in [5.41, 5.74) is -0.106. The smallest absolute Gasteiger partial charge is 0.171 e. The molecule has 0 aliphatic carbocycles. The van der Waals surface area contributed by atoms with E-state index >= 15 is 0 Å². The SMILES string of the molecule is CC(C)(C)C(=O)c1cc(Br)ccc1O. The van der Waals surface area contributed by atoms with Crippen LogP contribution in [-0.4, -0.2) is 10.9 Å². The van der Waals surface area contributed by atoms with Crippen molar-refractivity contribution in [1.29, 1.82) is 0 Å². The van der Waals surface area contributed by atoms with Crippen LogP contribution in [0.5, 0.6) is 5.75 Å². The second-order valence-corrected chi connectivity index (χ2v) is 5.16. The highest BCUT2D eigenvalue weighted by molar-refractivity contribution is 9.10. The van der Waals surface area contributed by atoms with Crippen LogP contribution in [-0.2, 0) is 0 Å². The highest BCUT2D eigenvalue weighted by Crippen LogP contribution is 2.28. The Kier molecular flexibility index (Phi) is 3.00. The van der Waals surface area contributed by atoms with Crippen molar-refractivity contribution in [3.8, 4) is 5.75 Å². The van der Waals surface area contributed by atoms with Gasteiger partial charge in [-0.3, -0.25) is 4.79 Å². The molecule has 2 nitrogen and oxygen atoms in total. The summed E-state index contributed by atoms with van der Waals surface area (Å²) >= 11 is 3.27. The molecule has 1 aromatic rings. The Labute approximate surface area is 92.1 Å². The first-order valence-corrected chi connectivity index (χ1v) is 5.15. The van der Waals surface area contributed by atoms with E-state index in [0.29, 0.717) is 5.56 Å². The van der Waals surface area contributed by atoms with Crippen LogP contribution >= 0.6 is 15.9 Å². The van der Waals surface area contributed by atoms with E-state index < -0.39 is 5.41 Å². The van der Waals surface area contributed by atoms with Crippen molar-refractivity contribution in [2.24, 2.45) is 5.41 Å². The number of halogens is 1. The van der Waals surface area contributed by atoms with Gasteiger partial charge in [-0.15, -0.1) is 0 Å². The zero-order valence-electron chi connectivity index (χ0n) is 8.47.